The van der Waals surface area contributed by atoms with Crippen LogP contribution < -0.4 is 9.47 Å². The van der Waals surface area contributed by atoms with Crippen molar-refractivity contribution in [3.63, 3.8) is 0 Å². The van der Waals surface area contributed by atoms with Crippen LogP contribution in [0.15, 0.2) is 49.1 Å². The van der Waals surface area contributed by atoms with Gasteiger partial charge >= 0.3 is 0 Å². The molecule has 0 bridgehead atoms. The zero-order valence-corrected chi connectivity index (χ0v) is 17.2. The van der Waals surface area contributed by atoms with Gasteiger partial charge in [0, 0.05) is 21.1 Å². The molecule has 0 amide bonds. The average molecular weight is 487 g/mol. The number of benzene rings is 1. The quantitative estimate of drug-likeness (QED) is 0.464. The van der Waals surface area contributed by atoms with Gasteiger partial charge in [-0.05, 0) is 43.5 Å². The predicted molar refractivity (Wildman–Crippen MR) is 93.5 cm³/mol. The van der Waals surface area contributed by atoms with Gasteiger partial charge in [0.15, 0.2) is 0 Å². The van der Waals surface area contributed by atoms with Crippen molar-refractivity contribution in [2.75, 3.05) is 20.3 Å². The molecule has 23 heavy (non-hydrogen) atoms. The molecule has 0 fully saturated rings. The van der Waals surface area contributed by atoms with E-state index in [1.54, 1.807) is 13.2 Å². The zero-order valence-electron chi connectivity index (χ0n) is 14.2. The van der Waals surface area contributed by atoms with Gasteiger partial charge in [0.1, 0.15) is 18.1 Å². The van der Waals surface area contributed by atoms with Crippen LogP contribution in [0.3, 0.4) is 0 Å². The second-order valence-corrected chi connectivity index (χ2v) is 4.55. The number of rotatable bonds is 7. The molecule has 0 aliphatic rings. The Morgan fingerprint density at radius 2 is 1.65 bits per heavy atom. The van der Waals surface area contributed by atoms with E-state index in [1.165, 1.54) is 6.08 Å². The van der Waals surface area contributed by atoms with Crippen LogP contribution in [0.1, 0.15) is 17.5 Å². The van der Waals surface area contributed by atoms with Gasteiger partial charge in [0.25, 0.3) is 0 Å². The van der Waals surface area contributed by atoms with E-state index in [2.05, 4.69) is 13.5 Å². The van der Waals surface area contributed by atoms with E-state index in [0.717, 1.165) is 29.0 Å². The summed E-state index contributed by atoms with van der Waals surface area (Å²) in [4.78, 5) is 0. The van der Waals surface area contributed by atoms with Crippen molar-refractivity contribution in [2.24, 2.45) is 0 Å². The third-order valence-electron chi connectivity index (χ3n) is 2.70. The van der Waals surface area contributed by atoms with Gasteiger partial charge in [0.2, 0.25) is 0 Å². The summed E-state index contributed by atoms with van der Waals surface area (Å²) >= 11 is 0. The van der Waals surface area contributed by atoms with Crippen LogP contribution in [0, 0.1) is 20.8 Å². The fourth-order valence-corrected chi connectivity index (χ4v) is 1.80. The first-order valence-electron chi connectivity index (χ1n) is 7.19. The normalized spacial score (nSPS) is 9.91. The monoisotopic (exact) mass is 487 g/mol. The predicted octanol–water partition coefficient (Wildman–Crippen LogP) is 4.19. The van der Waals surface area contributed by atoms with E-state index in [9.17, 15) is 0 Å². The first kappa shape index (κ1) is 23.8. The third kappa shape index (κ3) is 10.8. The van der Waals surface area contributed by atoms with Gasteiger partial charge in [-0.1, -0.05) is 24.3 Å². The summed E-state index contributed by atoms with van der Waals surface area (Å²) < 4.78 is 11.0. The maximum absolute atomic E-state index is 8.58. The molecule has 1 aromatic rings. The Morgan fingerprint density at radius 1 is 1.13 bits per heavy atom. The maximum Gasteiger partial charge on any atom is 0.125 e. The van der Waals surface area contributed by atoms with Gasteiger partial charge < -0.3 is 14.6 Å². The van der Waals surface area contributed by atoms with E-state index in [0.29, 0.717) is 6.61 Å². The van der Waals surface area contributed by atoms with Gasteiger partial charge in [-0.3, -0.25) is 0 Å². The number of methoxy groups -OCH3 is 1. The van der Waals surface area contributed by atoms with Crippen LogP contribution in [0.4, 0.5) is 0 Å². The van der Waals surface area contributed by atoms with E-state index in [1.807, 2.05) is 44.2 Å². The molecule has 0 aliphatic heterocycles. The standard InChI is InChI=1S/C16H22O3.C3H5.W/c1-13-11-15(18-3)12-14(2)16(13)19-10-8-6-4-5-7-9-17;1-3-2;/h5-8,11-12,17H,4,9-10H2,1-3H3;3H,1-2H2;/q;-1;. The molecule has 0 heterocycles. The van der Waals surface area contributed by atoms with Gasteiger partial charge in [-0.25, -0.2) is 19.6 Å². The molecule has 128 valence electrons. The van der Waals surface area contributed by atoms with Crippen LogP contribution in [0.2, 0.25) is 0 Å². The van der Waals surface area contributed by atoms with Crippen molar-refractivity contribution in [1.29, 1.82) is 0 Å². The molecule has 4 heteroatoms. The molecule has 0 atom stereocenters. The van der Waals surface area contributed by atoms with E-state index >= 15 is 0 Å². The molecule has 3 nitrogen and oxygen atoms in total. The molecule has 1 N–H and O–H groups in total. The summed E-state index contributed by atoms with van der Waals surface area (Å²) in [5.74, 6) is 1.77. The number of aliphatic hydroxyl groups excluding tert-OH is 1. The molecule has 0 aliphatic carbocycles. The maximum atomic E-state index is 8.58. The number of aliphatic hydroxyl groups is 1. The molecule has 0 unspecified atom stereocenters. The van der Waals surface area contributed by atoms with Crippen molar-refractivity contribution < 1.29 is 35.6 Å². The second-order valence-electron chi connectivity index (χ2n) is 4.55. The summed E-state index contributed by atoms with van der Waals surface area (Å²) in [5, 5.41) is 8.58. The minimum absolute atomic E-state index is 0. The Balaban J connectivity index is 0. The Hall–Kier alpha value is -1.44. The zero-order chi connectivity index (χ0) is 16.8. The van der Waals surface area contributed by atoms with Crippen LogP contribution >= 0.6 is 0 Å². The third-order valence-corrected chi connectivity index (χ3v) is 2.70. The molecular weight excluding hydrogens is 460 g/mol. The van der Waals surface area contributed by atoms with Gasteiger partial charge in [-0.2, -0.15) is 0 Å². The number of hydrogen-bond donors (Lipinski definition) is 1. The summed E-state index contributed by atoms with van der Waals surface area (Å²) in [5.41, 5.74) is 2.15. The van der Waals surface area contributed by atoms with E-state index < -0.39 is 0 Å². The summed E-state index contributed by atoms with van der Waals surface area (Å²) in [6.45, 7) is 11.2. The fraction of sp³-hybridized carbons (Fsp3) is 0.316. The van der Waals surface area contributed by atoms with Crippen molar-refractivity contribution in [3.05, 3.63) is 67.1 Å². The molecule has 1 rings (SSSR count). The minimum Gasteiger partial charge on any atom is -0.497 e. The first-order valence-corrected chi connectivity index (χ1v) is 7.19. The molecule has 0 saturated carbocycles. The SMILES string of the molecule is C=C[CH2-].COc1cc(C)c(OCC=CCC=CCO)c(C)c1.[W]. The molecule has 0 radical (unpaired) electrons. The Morgan fingerprint density at radius 3 is 2.13 bits per heavy atom. The van der Waals surface area contributed by atoms with Crippen molar-refractivity contribution in [3.8, 4) is 11.5 Å². The first-order chi connectivity index (χ1) is 10.6. The molecule has 0 aromatic heterocycles. The topological polar surface area (TPSA) is 38.7 Å². The minimum atomic E-state index is 0. The Labute approximate surface area is 155 Å². The summed E-state index contributed by atoms with van der Waals surface area (Å²) in [6.07, 6.45) is 9.94. The number of hydrogen-bond acceptors (Lipinski definition) is 3. The second kappa shape index (κ2) is 15.5. The smallest absolute Gasteiger partial charge is 0.125 e. The van der Waals surface area contributed by atoms with Gasteiger partial charge in [0.05, 0.1) is 13.7 Å². The largest absolute Gasteiger partial charge is 0.497 e. The molecule has 1 aromatic carbocycles. The summed E-state index contributed by atoms with van der Waals surface area (Å²) in [7, 11) is 1.66. The average Bonchev–Trinajstić information content (AvgIpc) is 2.49. The molecular formula is C19H27O3W-. The fourth-order valence-electron chi connectivity index (χ4n) is 1.80. The Bertz CT molecular complexity index is 470. The van der Waals surface area contributed by atoms with Gasteiger partial charge in [-0.15, -0.1) is 0 Å². The number of ether oxygens (including phenoxy) is 2. The van der Waals surface area contributed by atoms with Crippen LogP contribution in [0.25, 0.3) is 0 Å². The van der Waals surface area contributed by atoms with Crippen LogP contribution in [0.5, 0.6) is 11.5 Å². The molecule has 0 spiro atoms. The molecule has 0 saturated heterocycles. The van der Waals surface area contributed by atoms with Crippen LogP contribution in [-0.2, 0) is 21.1 Å². The van der Waals surface area contributed by atoms with Crippen LogP contribution in [-0.4, -0.2) is 25.4 Å². The summed E-state index contributed by atoms with van der Waals surface area (Å²) in [6, 6.07) is 3.94. The van der Waals surface area contributed by atoms with E-state index in [4.69, 9.17) is 14.6 Å². The van der Waals surface area contributed by atoms with Crippen molar-refractivity contribution >= 4 is 0 Å². The number of aryl methyl sites for hydroxylation is 2. The van der Waals surface area contributed by atoms with Crippen molar-refractivity contribution in [1.82, 2.24) is 0 Å². The Kier molecular flexibility index (Phi) is 16.0. The number of allylic oxidation sites excluding steroid dienone is 3. The van der Waals surface area contributed by atoms with Crippen molar-refractivity contribution in [2.45, 2.75) is 20.3 Å². The van der Waals surface area contributed by atoms with E-state index in [-0.39, 0.29) is 27.7 Å².